The summed E-state index contributed by atoms with van der Waals surface area (Å²) < 4.78 is 28.2. The zero-order chi connectivity index (χ0) is 27.2. The second-order valence-electron chi connectivity index (χ2n) is 9.66. The van der Waals surface area contributed by atoms with Crippen molar-refractivity contribution in [2.45, 2.75) is 38.6 Å². The van der Waals surface area contributed by atoms with Crippen LogP contribution in [0.25, 0.3) is 0 Å². The number of methoxy groups -OCH3 is 4. The van der Waals surface area contributed by atoms with Crippen molar-refractivity contribution < 1.29 is 28.5 Å². The van der Waals surface area contributed by atoms with Crippen LogP contribution in [0.4, 0.5) is 0 Å². The van der Waals surface area contributed by atoms with E-state index in [-0.39, 0.29) is 18.4 Å². The first-order chi connectivity index (χ1) is 18.4. The van der Waals surface area contributed by atoms with E-state index in [9.17, 15) is 4.79 Å². The van der Waals surface area contributed by atoms with E-state index >= 15 is 0 Å². The molecule has 0 radical (unpaired) electrons. The smallest absolute Gasteiger partial charge is 0.227 e. The molecule has 38 heavy (non-hydrogen) atoms. The Morgan fingerprint density at radius 3 is 2.11 bits per heavy atom. The Balaban J connectivity index is 1.62. The van der Waals surface area contributed by atoms with Crippen LogP contribution >= 0.6 is 0 Å². The highest BCUT2D eigenvalue weighted by Gasteiger charge is 2.33. The Morgan fingerprint density at radius 2 is 1.47 bits per heavy atom. The van der Waals surface area contributed by atoms with Gasteiger partial charge in [0.15, 0.2) is 23.0 Å². The number of amides is 1. The van der Waals surface area contributed by atoms with E-state index in [0.29, 0.717) is 48.5 Å². The van der Waals surface area contributed by atoms with Crippen molar-refractivity contribution in [2.24, 2.45) is 0 Å². The summed E-state index contributed by atoms with van der Waals surface area (Å²) in [6.45, 7) is 5.23. The molecule has 202 valence electrons. The van der Waals surface area contributed by atoms with Crippen LogP contribution in [0, 0.1) is 0 Å². The topological polar surface area (TPSA) is 66.5 Å². The molecule has 3 aromatic rings. The largest absolute Gasteiger partial charge is 0.493 e. The molecule has 1 amide bonds. The van der Waals surface area contributed by atoms with E-state index in [4.69, 9.17) is 23.7 Å². The highest BCUT2D eigenvalue weighted by molar-refractivity contribution is 5.80. The van der Waals surface area contributed by atoms with Crippen molar-refractivity contribution in [1.82, 2.24) is 4.90 Å². The summed E-state index contributed by atoms with van der Waals surface area (Å²) in [6, 6.07) is 17.4. The lowest BCUT2D eigenvalue weighted by atomic mass is 9.91. The molecule has 0 aromatic heterocycles. The minimum Gasteiger partial charge on any atom is -0.493 e. The number of carbonyl (C=O) groups is 1. The molecule has 1 heterocycles. The van der Waals surface area contributed by atoms with Crippen molar-refractivity contribution in [2.75, 3.05) is 41.6 Å². The number of fused-ring (bicyclic) bond motifs is 1. The zero-order valence-electron chi connectivity index (χ0n) is 23.1. The molecule has 0 bridgehead atoms. The fraction of sp³-hybridized carbons (Fsp3) is 0.387. The minimum absolute atomic E-state index is 0.0152. The van der Waals surface area contributed by atoms with E-state index in [1.807, 2.05) is 47.4 Å². The summed E-state index contributed by atoms with van der Waals surface area (Å²) in [7, 11) is 6.44. The molecule has 1 atom stereocenters. The molecule has 0 saturated heterocycles. The molecule has 1 aliphatic rings. The van der Waals surface area contributed by atoms with Crippen LogP contribution in [0.1, 0.15) is 48.1 Å². The van der Waals surface area contributed by atoms with Crippen molar-refractivity contribution in [3.8, 4) is 28.7 Å². The molecule has 7 heteroatoms. The van der Waals surface area contributed by atoms with Crippen LogP contribution in [0.2, 0.25) is 0 Å². The molecule has 0 N–H and O–H groups in total. The SMILES string of the molecule is COc1ccc(CC(=O)N2CCc3cc(OC)c(OC)cc3[C@H]2COc2ccc(C(C)C)cc2)cc1OC. The minimum atomic E-state index is -0.282. The van der Waals surface area contributed by atoms with Gasteiger partial charge in [0.2, 0.25) is 5.91 Å². The Bertz CT molecular complexity index is 1250. The van der Waals surface area contributed by atoms with Crippen LogP contribution in [0.3, 0.4) is 0 Å². The number of carbonyl (C=O) groups excluding carboxylic acids is 1. The number of benzene rings is 3. The third kappa shape index (κ3) is 5.82. The Hall–Kier alpha value is -3.87. The molecular formula is C31H37NO6. The monoisotopic (exact) mass is 519 g/mol. The lowest BCUT2D eigenvalue weighted by molar-refractivity contribution is -0.134. The molecule has 0 spiro atoms. The number of ether oxygens (including phenoxy) is 5. The third-order valence-corrected chi connectivity index (χ3v) is 7.08. The van der Waals surface area contributed by atoms with Crippen LogP contribution in [-0.2, 0) is 17.6 Å². The number of nitrogens with zero attached hydrogens (tertiary/aromatic N) is 1. The van der Waals surface area contributed by atoms with Gasteiger partial charge < -0.3 is 28.6 Å². The van der Waals surface area contributed by atoms with Crippen molar-refractivity contribution in [3.63, 3.8) is 0 Å². The molecule has 3 aromatic carbocycles. The lowest BCUT2D eigenvalue weighted by Gasteiger charge is -2.37. The quantitative estimate of drug-likeness (QED) is 0.348. The number of rotatable bonds is 10. The van der Waals surface area contributed by atoms with Crippen molar-refractivity contribution in [3.05, 3.63) is 76.9 Å². The van der Waals surface area contributed by atoms with Crippen LogP contribution in [0.15, 0.2) is 54.6 Å². The standard InChI is InChI=1S/C31H37NO6/c1-20(2)22-8-10-24(11-9-22)38-19-26-25-18-30(37-6)29(36-5)17-23(25)13-14-32(26)31(33)16-21-7-12-27(34-3)28(15-21)35-4/h7-12,15,17-18,20,26H,13-14,16,19H2,1-6H3/t26-/m1/s1. The molecule has 1 aliphatic heterocycles. The fourth-order valence-corrected chi connectivity index (χ4v) is 4.90. The van der Waals surface area contributed by atoms with Gasteiger partial charge in [0.1, 0.15) is 12.4 Å². The molecular weight excluding hydrogens is 482 g/mol. The summed E-state index contributed by atoms with van der Waals surface area (Å²) in [5, 5.41) is 0. The van der Waals surface area contributed by atoms with Gasteiger partial charge in [-0.25, -0.2) is 0 Å². The van der Waals surface area contributed by atoms with Gasteiger partial charge in [-0.15, -0.1) is 0 Å². The van der Waals surface area contributed by atoms with Gasteiger partial charge >= 0.3 is 0 Å². The zero-order valence-corrected chi connectivity index (χ0v) is 23.1. The maximum absolute atomic E-state index is 13.7. The summed E-state index contributed by atoms with van der Waals surface area (Å²) >= 11 is 0. The van der Waals surface area contributed by atoms with Gasteiger partial charge in [-0.1, -0.05) is 32.0 Å². The van der Waals surface area contributed by atoms with Gasteiger partial charge in [0.05, 0.1) is 40.9 Å². The van der Waals surface area contributed by atoms with Gasteiger partial charge in [-0.3, -0.25) is 4.79 Å². The lowest BCUT2D eigenvalue weighted by Crippen LogP contribution is -2.43. The first kappa shape index (κ1) is 27.2. The average Bonchev–Trinajstić information content (AvgIpc) is 2.94. The van der Waals surface area contributed by atoms with Crippen LogP contribution < -0.4 is 23.7 Å². The number of hydrogen-bond acceptors (Lipinski definition) is 6. The molecule has 0 fully saturated rings. The third-order valence-electron chi connectivity index (χ3n) is 7.08. The van der Waals surface area contributed by atoms with Gasteiger partial charge in [-0.2, -0.15) is 0 Å². The summed E-state index contributed by atoms with van der Waals surface area (Å²) in [4.78, 5) is 15.6. The van der Waals surface area contributed by atoms with E-state index < -0.39 is 0 Å². The Kier molecular flexibility index (Phi) is 8.66. The van der Waals surface area contributed by atoms with Gasteiger partial charge in [0.25, 0.3) is 0 Å². The average molecular weight is 520 g/mol. The summed E-state index contributed by atoms with van der Waals surface area (Å²) in [6.07, 6.45) is 0.954. The van der Waals surface area contributed by atoms with Gasteiger partial charge in [-0.05, 0) is 71.0 Å². The normalized spacial score (nSPS) is 14.6. The molecule has 0 aliphatic carbocycles. The van der Waals surface area contributed by atoms with Crippen molar-refractivity contribution in [1.29, 1.82) is 0 Å². The van der Waals surface area contributed by atoms with Crippen molar-refractivity contribution >= 4 is 5.91 Å². The highest BCUT2D eigenvalue weighted by Crippen LogP contribution is 2.39. The van der Waals surface area contributed by atoms with Crippen LogP contribution in [-0.4, -0.2) is 52.4 Å². The van der Waals surface area contributed by atoms with E-state index in [2.05, 4.69) is 26.0 Å². The predicted molar refractivity (Wildman–Crippen MR) is 147 cm³/mol. The number of hydrogen-bond donors (Lipinski definition) is 0. The summed E-state index contributed by atoms with van der Waals surface area (Å²) in [5.41, 5.74) is 4.24. The second kappa shape index (κ2) is 12.1. The first-order valence-corrected chi connectivity index (χ1v) is 12.9. The second-order valence-corrected chi connectivity index (χ2v) is 9.66. The molecule has 4 rings (SSSR count). The maximum Gasteiger partial charge on any atom is 0.227 e. The highest BCUT2D eigenvalue weighted by atomic mass is 16.5. The Morgan fingerprint density at radius 1 is 0.842 bits per heavy atom. The van der Waals surface area contributed by atoms with Crippen LogP contribution in [0.5, 0.6) is 28.7 Å². The first-order valence-electron chi connectivity index (χ1n) is 12.9. The van der Waals surface area contributed by atoms with Gasteiger partial charge in [0, 0.05) is 6.54 Å². The predicted octanol–water partition coefficient (Wildman–Crippen LogP) is 5.59. The fourth-order valence-electron chi connectivity index (χ4n) is 4.90. The maximum atomic E-state index is 13.7. The Labute approximate surface area is 225 Å². The van der Waals surface area contributed by atoms with E-state index in [0.717, 1.165) is 22.4 Å². The molecule has 0 saturated carbocycles. The molecule has 0 unspecified atom stereocenters. The summed E-state index contributed by atoms with van der Waals surface area (Å²) in [5.74, 6) is 3.78. The van der Waals surface area contributed by atoms with E-state index in [1.165, 1.54) is 5.56 Å². The van der Waals surface area contributed by atoms with E-state index in [1.54, 1.807) is 28.4 Å². The molecule has 7 nitrogen and oxygen atoms in total.